The van der Waals surface area contributed by atoms with E-state index < -0.39 is 5.97 Å². The zero-order valence-corrected chi connectivity index (χ0v) is 11.2. The molecule has 0 bridgehead atoms. The second-order valence-corrected chi connectivity index (χ2v) is 5.23. The van der Waals surface area contributed by atoms with Crippen molar-refractivity contribution in [3.05, 3.63) is 24.0 Å². The fraction of sp³-hybridized carbons (Fsp3) is 0.500. The number of carboxylic acids is 1. The van der Waals surface area contributed by atoms with Crippen LogP contribution in [0.1, 0.15) is 31.4 Å². The van der Waals surface area contributed by atoms with Gasteiger partial charge in [0.2, 0.25) is 5.91 Å². The molecule has 0 aliphatic heterocycles. The molecular weight excluding hydrogens is 258 g/mol. The molecule has 0 spiro atoms. The van der Waals surface area contributed by atoms with Crippen LogP contribution in [0.15, 0.2) is 18.3 Å². The molecule has 1 saturated carbocycles. The molecule has 1 aromatic heterocycles. The van der Waals surface area contributed by atoms with Crippen LogP contribution in [0.4, 0.5) is 5.69 Å². The summed E-state index contributed by atoms with van der Waals surface area (Å²) in [6.45, 7) is 0. The Morgan fingerprint density at radius 2 is 2.20 bits per heavy atom. The van der Waals surface area contributed by atoms with Gasteiger partial charge in [-0.15, -0.1) is 0 Å². The Morgan fingerprint density at radius 1 is 1.40 bits per heavy atom. The number of carboxylic acid groups (broad SMARTS) is 1. The first-order valence-electron chi connectivity index (χ1n) is 6.77. The van der Waals surface area contributed by atoms with Crippen LogP contribution >= 0.6 is 0 Å². The smallest absolute Gasteiger partial charge is 0.306 e. The third-order valence-corrected chi connectivity index (χ3v) is 3.58. The quantitative estimate of drug-likeness (QED) is 0.760. The molecule has 1 heterocycles. The minimum atomic E-state index is -0.774. The molecule has 6 heteroatoms. The first-order chi connectivity index (χ1) is 9.54. The minimum absolute atomic E-state index is 0.0499. The first kappa shape index (κ1) is 14.3. The molecule has 20 heavy (non-hydrogen) atoms. The van der Waals surface area contributed by atoms with Gasteiger partial charge in [0.25, 0.3) is 0 Å². The topological polar surface area (TPSA) is 105 Å². The van der Waals surface area contributed by atoms with Crippen molar-refractivity contribution in [1.29, 1.82) is 0 Å². The van der Waals surface area contributed by atoms with Crippen molar-refractivity contribution in [2.45, 2.75) is 38.1 Å². The molecule has 1 fully saturated rings. The Hall–Kier alpha value is -2.11. The molecule has 2 rings (SSSR count). The number of anilines is 1. The predicted octanol–water partition coefficient (Wildman–Crippen LogP) is 0.966. The van der Waals surface area contributed by atoms with Crippen LogP contribution in [0.3, 0.4) is 0 Å². The predicted molar refractivity (Wildman–Crippen MR) is 73.9 cm³/mol. The van der Waals surface area contributed by atoms with Gasteiger partial charge in [0.1, 0.15) is 0 Å². The van der Waals surface area contributed by atoms with Crippen molar-refractivity contribution in [2.24, 2.45) is 5.92 Å². The van der Waals surface area contributed by atoms with Gasteiger partial charge in [-0.3, -0.25) is 14.6 Å². The van der Waals surface area contributed by atoms with Crippen LogP contribution in [-0.2, 0) is 16.0 Å². The van der Waals surface area contributed by atoms with Crippen molar-refractivity contribution in [2.75, 3.05) is 5.73 Å². The van der Waals surface area contributed by atoms with E-state index in [0.717, 1.165) is 12.8 Å². The van der Waals surface area contributed by atoms with Crippen molar-refractivity contribution < 1.29 is 14.7 Å². The number of carbonyl (C=O) groups is 2. The Balaban J connectivity index is 1.85. The van der Waals surface area contributed by atoms with E-state index in [4.69, 9.17) is 10.8 Å². The van der Waals surface area contributed by atoms with Crippen LogP contribution in [0.5, 0.6) is 0 Å². The van der Waals surface area contributed by atoms with Gasteiger partial charge in [0, 0.05) is 11.7 Å². The number of hydrogen-bond donors (Lipinski definition) is 3. The van der Waals surface area contributed by atoms with Gasteiger partial charge in [-0.25, -0.2) is 0 Å². The van der Waals surface area contributed by atoms with E-state index in [0.29, 0.717) is 24.2 Å². The van der Waals surface area contributed by atoms with Gasteiger partial charge in [0.15, 0.2) is 0 Å². The van der Waals surface area contributed by atoms with Crippen LogP contribution < -0.4 is 11.1 Å². The summed E-state index contributed by atoms with van der Waals surface area (Å²) >= 11 is 0. The molecule has 4 N–H and O–H groups in total. The van der Waals surface area contributed by atoms with Crippen LogP contribution in [0.2, 0.25) is 0 Å². The molecule has 0 radical (unpaired) electrons. The van der Waals surface area contributed by atoms with E-state index in [9.17, 15) is 9.59 Å². The van der Waals surface area contributed by atoms with Gasteiger partial charge < -0.3 is 16.2 Å². The van der Waals surface area contributed by atoms with E-state index in [1.807, 2.05) is 0 Å². The molecule has 6 nitrogen and oxygen atoms in total. The number of aliphatic carboxylic acids is 1. The lowest BCUT2D eigenvalue weighted by Gasteiger charge is -2.27. The number of nitrogens with one attached hydrogen (secondary N) is 1. The van der Waals surface area contributed by atoms with E-state index in [1.54, 1.807) is 12.1 Å². The van der Waals surface area contributed by atoms with Gasteiger partial charge in [-0.05, 0) is 31.4 Å². The highest BCUT2D eigenvalue weighted by Gasteiger charge is 2.27. The maximum Gasteiger partial charge on any atom is 0.306 e. The molecule has 108 valence electrons. The zero-order chi connectivity index (χ0) is 14.5. The number of hydrogen-bond acceptors (Lipinski definition) is 4. The maximum atomic E-state index is 11.9. The highest BCUT2D eigenvalue weighted by molar-refractivity contribution is 5.78. The van der Waals surface area contributed by atoms with E-state index >= 15 is 0 Å². The molecule has 1 aliphatic carbocycles. The minimum Gasteiger partial charge on any atom is -0.481 e. The number of aromatic nitrogens is 1. The summed E-state index contributed by atoms with van der Waals surface area (Å²) in [6, 6.07) is 3.37. The molecular formula is C14H19N3O3. The third kappa shape index (κ3) is 3.94. The van der Waals surface area contributed by atoms with Gasteiger partial charge in [0.05, 0.1) is 24.2 Å². The Morgan fingerprint density at radius 3 is 2.85 bits per heavy atom. The largest absolute Gasteiger partial charge is 0.481 e. The summed E-state index contributed by atoms with van der Waals surface area (Å²) in [4.78, 5) is 27.0. The summed E-state index contributed by atoms with van der Waals surface area (Å²) in [5.41, 5.74) is 6.75. The van der Waals surface area contributed by atoms with E-state index in [1.165, 1.54) is 6.20 Å². The second-order valence-electron chi connectivity index (χ2n) is 5.23. The second kappa shape index (κ2) is 6.36. The average Bonchev–Trinajstić information content (AvgIpc) is 2.41. The number of nitrogens with zero attached hydrogens (tertiary/aromatic N) is 1. The zero-order valence-electron chi connectivity index (χ0n) is 11.2. The molecule has 2 atom stereocenters. The van der Waals surface area contributed by atoms with Crippen LogP contribution in [-0.4, -0.2) is 28.0 Å². The molecule has 1 amide bonds. The molecule has 0 saturated heterocycles. The Bertz CT molecular complexity index is 487. The van der Waals surface area contributed by atoms with Crippen molar-refractivity contribution in [1.82, 2.24) is 10.3 Å². The summed E-state index contributed by atoms with van der Waals surface area (Å²) in [6.07, 6.45) is 4.59. The number of nitrogens with two attached hydrogens (primary N) is 1. The fourth-order valence-electron chi connectivity index (χ4n) is 2.53. The number of rotatable bonds is 4. The normalized spacial score (nSPS) is 22.2. The maximum absolute atomic E-state index is 11.9. The standard InChI is InChI=1S/C14H19N3O3/c15-10-4-5-11(16-8-10)7-13(18)17-12-3-1-2-9(6-12)14(19)20/h4-5,8-9,12H,1-3,6-7,15H2,(H,17,18)(H,19,20). The highest BCUT2D eigenvalue weighted by Crippen LogP contribution is 2.24. The summed E-state index contributed by atoms with van der Waals surface area (Å²) in [7, 11) is 0. The van der Waals surface area contributed by atoms with Crippen LogP contribution in [0.25, 0.3) is 0 Å². The summed E-state index contributed by atoms with van der Waals surface area (Å²) in [5, 5.41) is 11.9. The van der Waals surface area contributed by atoms with E-state index in [-0.39, 0.29) is 24.3 Å². The van der Waals surface area contributed by atoms with E-state index in [2.05, 4.69) is 10.3 Å². The number of pyridine rings is 1. The molecule has 1 aliphatic rings. The molecule has 0 aromatic carbocycles. The number of carbonyl (C=O) groups excluding carboxylic acids is 1. The van der Waals surface area contributed by atoms with Gasteiger partial charge in [-0.1, -0.05) is 6.42 Å². The lowest BCUT2D eigenvalue weighted by molar-refractivity contribution is -0.143. The first-order valence-corrected chi connectivity index (χ1v) is 6.77. The van der Waals surface area contributed by atoms with Crippen molar-refractivity contribution in [3.63, 3.8) is 0 Å². The summed E-state index contributed by atoms with van der Waals surface area (Å²) < 4.78 is 0. The van der Waals surface area contributed by atoms with Gasteiger partial charge in [-0.2, -0.15) is 0 Å². The van der Waals surface area contributed by atoms with Crippen molar-refractivity contribution >= 4 is 17.6 Å². The van der Waals surface area contributed by atoms with Crippen molar-refractivity contribution in [3.8, 4) is 0 Å². The molecule has 2 unspecified atom stereocenters. The Kier molecular flexibility index (Phi) is 4.55. The Labute approximate surface area is 117 Å². The molecule has 1 aromatic rings. The summed E-state index contributed by atoms with van der Waals surface area (Å²) in [5.74, 6) is -1.24. The highest BCUT2D eigenvalue weighted by atomic mass is 16.4. The average molecular weight is 277 g/mol. The number of amides is 1. The monoisotopic (exact) mass is 277 g/mol. The number of nitrogen functional groups attached to an aromatic ring is 1. The lowest BCUT2D eigenvalue weighted by Crippen LogP contribution is -2.40. The van der Waals surface area contributed by atoms with Crippen LogP contribution in [0, 0.1) is 5.92 Å². The SMILES string of the molecule is Nc1ccc(CC(=O)NC2CCCC(C(=O)O)C2)nc1. The third-order valence-electron chi connectivity index (χ3n) is 3.58. The lowest BCUT2D eigenvalue weighted by atomic mass is 9.86. The fourth-order valence-corrected chi connectivity index (χ4v) is 2.53. The van der Waals surface area contributed by atoms with Gasteiger partial charge >= 0.3 is 5.97 Å².